The van der Waals surface area contributed by atoms with E-state index >= 15 is 0 Å². The summed E-state index contributed by atoms with van der Waals surface area (Å²) in [4.78, 5) is 25.4. The summed E-state index contributed by atoms with van der Waals surface area (Å²) in [6, 6.07) is 4.01. The van der Waals surface area contributed by atoms with E-state index in [0.717, 1.165) is 62.7 Å². The zero-order valence-electron chi connectivity index (χ0n) is 16.9. The van der Waals surface area contributed by atoms with Crippen LogP contribution in [0.4, 0.5) is 5.82 Å². The fourth-order valence-corrected chi connectivity index (χ4v) is 3.37. The third-order valence-corrected chi connectivity index (χ3v) is 4.93. The number of hydrogen-bond donors (Lipinski definition) is 2. The Balaban J connectivity index is 2.15. The van der Waals surface area contributed by atoms with Crippen LogP contribution in [0.25, 0.3) is 0 Å². The minimum atomic E-state index is -0.220. The number of nitrogens with zero attached hydrogens (tertiary/aromatic N) is 4. The molecule has 27 heavy (non-hydrogen) atoms. The minimum Gasteiger partial charge on any atom is -0.369 e. The lowest BCUT2D eigenvalue weighted by Gasteiger charge is -2.33. The summed E-state index contributed by atoms with van der Waals surface area (Å²) in [6.45, 7) is 8.18. The lowest BCUT2D eigenvalue weighted by molar-refractivity contribution is -0.122. The number of amides is 1. The van der Waals surface area contributed by atoms with E-state index in [-0.39, 0.29) is 11.8 Å². The number of nitrogens with one attached hydrogen (secondary N) is 1. The number of rotatable bonds is 8. The molecule has 1 atom stereocenters. The van der Waals surface area contributed by atoms with Crippen LogP contribution in [0.3, 0.4) is 0 Å². The molecule has 0 aromatic carbocycles. The van der Waals surface area contributed by atoms with Gasteiger partial charge in [-0.05, 0) is 32.3 Å². The van der Waals surface area contributed by atoms with E-state index in [1.54, 1.807) is 6.20 Å². The first kappa shape index (κ1) is 21.0. The first-order valence-corrected chi connectivity index (χ1v) is 10.0. The standard InChI is InChI=1S/C20H34N6O/c1-4-6-12-25(3)20(22-5-2)24-14-16-9-7-11-23-19(16)26-13-8-10-17(15-26)18(21)27/h7,9,11,17H,4-6,8,10,12-15H2,1-3H3,(H2,21,27)(H,22,24). The molecule has 0 bridgehead atoms. The monoisotopic (exact) mass is 374 g/mol. The van der Waals surface area contributed by atoms with Gasteiger partial charge in [-0.1, -0.05) is 19.4 Å². The van der Waals surface area contributed by atoms with Gasteiger partial charge in [0.05, 0.1) is 12.5 Å². The first-order chi connectivity index (χ1) is 13.1. The Hall–Kier alpha value is -2.31. The zero-order chi connectivity index (χ0) is 19.6. The molecule has 1 fully saturated rings. The SMILES string of the molecule is CCCCN(C)C(=NCc1cccnc1N1CCCC(C(N)=O)C1)NCC. The van der Waals surface area contributed by atoms with Crippen molar-refractivity contribution in [2.75, 3.05) is 38.1 Å². The van der Waals surface area contributed by atoms with Gasteiger partial charge in [-0.2, -0.15) is 0 Å². The topological polar surface area (TPSA) is 86.8 Å². The molecular formula is C20H34N6O. The highest BCUT2D eigenvalue weighted by Gasteiger charge is 2.25. The molecule has 1 aromatic heterocycles. The number of aromatic nitrogens is 1. The van der Waals surface area contributed by atoms with E-state index in [9.17, 15) is 4.79 Å². The fourth-order valence-electron chi connectivity index (χ4n) is 3.37. The van der Waals surface area contributed by atoms with Gasteiger partial charge in [0, 0.05) is 45.0 Å². The van der Waals surface area contributed by atoms with Crippen LogP contribution in [-0.4, -0.2) is 55.0 Å². The van der Waals surface area contributed by atoms with Crippen LogP contribution < -0.4 is 16.0 Å². The van der Waals surface area contributed by atoms with Crippen LogP contribution in [0, 0.1) is 5.92 Å². The van der Waals surface area contributed by atoms with E-state index in [4.69, 9.17) is 10.7 Å². The summed E-state index contributed by atoms with van der Waals surface area (Å²) < 4.78 is 0. The largest absolute Gasteiger partial charge is 0.369 e. The van der Waals surface area contributed by atoms with Crippen molar-refractivity contribution in [1.82, 2.24) is 15.2 Å². The summed E-state index contributed by atoms with van der Waals surface area (Å²) in [5, 5.41) is 3.36. The summed E-state index contributed by atoms with van der Waals surface area (Å²) in [5.74, 6) is 1.51. The van der Waals surface area contributed by atoms with Crippen LogP contribution in [0.5, 0.6) is 0 Å². The summed E-state index contributed by atoms with van der Waals surface area (Å²) in [6.07, 6.45) is 5.91. The molecule has 2 heterocycles. The molecule has 150 valence electrons. The number of primary amides is 1. The maximum Gasteiger partial charge on any atom is 0.222 e. The molecule has 1 unspecified atom stereocenters. The number of nitrogens with two attached hydrogens (primary N) is 1. The van der Waals surface area contributed by atoms with Gasteiger partial charge in [0.2, 0.25) is 5.91 Å². The molecule has 0 spiro atoms. The molecule has 3 N–H and O–H groups in total. The molecule has 0 aliphatic carbocycles. The average Bonchev–Trinajstić information content (AvgIpc) is 2.69. The van der Waals surface area contributed by atoms with Crippen molar-refractivity contribution in [3.8, 4) is 0 Å². The van der Waals surface area contributed by atoms with Gasteiger partial charge in [0.15, 0.2) is 5.96 Å². The van der Waals surface area contributed by atoms with E-state index in [1.807, 2.05) is 6.07 Å². The van der Waals surface area contributed by atoms with Gasteiger partial charge in [0.1, 0.15) is 5.82 Å². The van der Waals surface area contributed by atoms with Gasteiger partial charge in [-0.25, -0.2) is 9.98 Å². The number of aliphatic imine (C=N–C) groups is 1. The molecule has 7 nitrogen and oxygen atoms in total. The maximum atomic E-state index is 11.6. The molecule has 2 rings (SSSR count). The molecule has 1 amide bonds. The van der Waals surface area contributed by atoms with Crippen LogP contribution in [-0.2, 0) is 11.3 Å². The normalized spacial score (nSPS) is 17.7. The third kappa shape index (κ3) is 6.12. The number of guanidine groups is 1. The van der Waals surface area contributed by atoms with Crippen molar-refractivity contribution >= 4 is 17.7 Å². The molecule has 0 saturated carbocycles. The Morgan fingerprint density at radius 3 is 3.00 bits per heavy atom. The molecular weight excluding hydrogens is 340 g/mol. The molecule has 1 aromatic rings. The van der Waals surface area contributed by atoms with Crippen LogP contribution >= 0.6 is 0 Å². The van der Waals surface area contributed by atoms with Crippen molar-refractivity contribution in [2.45, 2.75) is 46.1 Å². The van der Waals surface area contributed by atoms with Crippen molar-refractivity contribution < 1.29 is 4.79 Å². The van der Waals surface area contributed by atoms with Crippen molar-refractivity contribution in [3.05, 3.63) is 23.9 Å². The zero-order valence-corrected chi connectivity index (χ0v) is 16.9. The number of anilines is 1. The minimum absolute atomic E-state index is 0.102. The highest BCUT2D eigenvalue weighted by Crippen LogP contribution is 2.25. The predicted molar refractivity (Wildman–Crippen MR) is 111 cm³/mol. The molecule has 0 radical (unpaired) electrons. The number of pyridine rings is 1. The van der Waals surface area contributed by atoms with Gasteiger partial charge in [-0.15, -0.1) is 0 Å². The Labute approximate surface area is 163 Å². The molecule has 7 heteroatoms. The fraction of sp³-hybridized carbons (Fsp3) is 0.650. The van der Waals surface area contributed by atoms with Gasteiger partial charge in [-0.3, -0.25) is 4.79 Å². The van der Waals surface area contributed by atoms with Crippen molar-refractivity contribution in [1.29, 1.82) is 0 Å². The molecule has 1 saturated heterocycles. The Kier molecular flexibility index (Phi) is 8.36. The number of carbonyl (C=O) groups excluding carboxylic acids is 1. The van der Waals surface area contributed by atoms with E-state index in [2.05, 4.69) is 47.1 Å². The van der Waals surface area contributed by atoms with Crippen molar-refractivity contribution in [2.24, 2.45) is 16.6 Å². The lowest BCUT2D eigenvalue weighted by Crippen LogP contribution is -2.42. The van der Waals surface area contributed by atoms with Crippen LogP contribution in [0.15, 0.2) is 23.3 Å². The first-order valence-electron chi connectivity index (χ1n) is 10.0. The quantitative estimate of drug-likeness (QED) is 0.537. The second-order valence-electron chi connectivity index (χ2n) is 7.12. The van der Waals surface area contributed by atoms with E-state index in [0.29, 0.717) is 13.1 Å². The average molecular weight is 375 g/mol. The number of carbonyl (C=O) groups is 1. The Morgan fingerprint density at radius 2 is 2.30 bits per heavy atom. The summed E-state index contributed by atoms with van der Waals surface area (Å²) in [5.41, 5.74) is 6.60. The maximum absolute atomic E-state index is 11.6. The van der Waals surface area contributed by atoms with E-state index < -0.39 is 0 Å². The van der Waals surface area contributed by atoms with Gasteiger partial charge < -0.3 is 20.9 Å². The number of hydrogen-bond acceptors (Lipinski definition) is 4. The van der Waals surface area contributed by atoms with E-state index in [1.165, 1.54) is 0 Å². The second-order valence-corrected chi connectivity index (χ2v) is 7.12. The smallest absolute Gasteiger partial charge is 0.222 e. The Bertz CT molecular complexity index is 633. The summed E-state index contributed by atoms with van der Waals surface area (Å²) >= 11 is 0. The lowest BCUT2D eigenvalue weighted by atomic mass is 9.97. The third-order valence-electron chi connectivity index (χ3n) is 4.93. The van der Waals surface area contributed by atoms with Gasteiger partial charge in [0.25, 0.3) is 0 Å². The second kappa shape index (κ2) is 10.7. The van der Waals surface area contributed by atoms with Crippen LogP contribution in [0.2, 0.25) is 0 Å². The summed E-state index contributed by atoms with van der Waals surface area (Å²) in [7, 11) is 2.07. The van der Waals surface area contributed by atoms with Crippen LogP contribution in [0.1, 0.15) is 45.1 Å². The highest BCUT2D eigenvalue weighted by molar-refractivity contribution is 5.80. The number of piperidine rings is 1. The number of unbranched alkanes of at least 4 members (excludes halogenated alkanes) is 1. The van der Waals surface area contributed by atoms with Gasteiger partial charge >= 0.3 is 0 Å². The molecule has 1 aliphatic heterocycles. The van der Waals surface area contributed by atoms with Crippen molar-refractivity contribution in [3.63, 3.8) is 0 Å². The predicted octanol–water partition coefficient (Wildman–Crippen LogP) is 1.98. The highest BCUT2D eigenvalue weighted by atomic mass is 16.1. The Morgan fingerprint density at radius 1 is 1.48 bits per heavy atom. The molecule has 1 aliphatic rings.